The topological polar surface area (TPSA) is 108 Å². The van der Waals surface area contributed by atoms with E-state index >= 15 is 0 Å². The van der Waals surface area contributed by atoms with Gasteiger partial charge in [0.05, 0.1) is 24.7 Å². The van der Waals surface area contributed by atoms with E-state index in [1.807, 2.05) is 25.1 Å². The average molecular weight is 553 g/mol. The van der Waals surface area contributed by atoms with Crippen molar-refractivity contribution in [2.75, 3.05) is 20.3 Å². The molecule has 1 heterocycles. The van der Waals surface area contributed by atoms with Gasteiger partial charge in [0.15, 0.2) is 11.6 Å². The van der Waals surface area contributed by atoms with Gasteiger partial charge in [-0.2, -0.15) is 0 Å². The normalized spacial score (nSPS) is 16.4. The Morgan fingerprint density at radius 3 is 2.17 bits per heavy atom. The van der Waals surface area contributed by atoms with Crippen molar-refractivity contribution in [2.24, 2.45) is 0 Å². The Morgan fingerprint density at radius 2 is 1.60 bits per heavy atom. The van der Waals surface area contributed by atoms with Crippen molar-refractivity contribution in [2.45, 2.75) is 78.2 Å². The van der Waals surface area contributed by atoms with Gasteiger partial charge in [-0.05, 0) is 69.5 Å². The Bertz CT molecular complexity index is 1260. The quantitative estimate of drug-likeness (QED) is 0.200. The maximum absolute atomic E-state index is 12.9. The fourth-order valence-corrected chi connectivity index (χ4v) is 4.95. The van der Waals surface area contributed by atoms with E-state index in [9.17, 15) is 14.4 Å². The predicted molar refractivity (Wildman–Crippen MR) is 152 cm³/mol. The van der Waals surface area contributed by atoms with Gasteiger partial charge in [-0.1, -0.05) is 26.7 Å². The van der Waals surface area contributed by atoms with Crippen molar-refractivity contribution >= 4 is 17.5 Å². The second-order valence-corrected chi connectivity index (χ2v) is 10.2. The molecule has 40 heavy (non-hydrogen) atoms. The summed E-state index contributed by atoms with van der Waals surface area (Å²) in [6, 6.07) is 7.07. The molecule has 0 radical (unpaired) electrons. The number of carboxylic acid groups (broad SMARTS) is 1. The highest BCUT2D eigenvalue weighted by molar-refractivity contribution is 6.01. The molecule has 1 aliphatic rings. The third kappa shape index (κ3) is 7.43. The number of carbonyl (C=O) groups is 3. The number of hydrogen-bond acceptors (Lipinski definition) is 7. The minimum atomic E-state index is -0.918. The van der Waals surface area contributed by atoms with Gasteiger partial charge >= 0.3 is 5.97 Å². The zero-order valence-corrected chi connectivity index (χ0v) is 24.1. The lowest BCUT2D eigenvalue weighted by atomic mass is 9.86. The van der Waals surface area contributed by atoms with E-state index in [1.165, 1.54) is 6.92 Å². The Morgan fingerprint density at radius 1 is 1.00 bits per heavy atom. The van der Waals surface area contributed by atoms with Gasteiger partial charge in [0.25, 0.3) is 0 Å². The standard InChI is InChI=1S/C32H40O8/c1-6-10-24-27(14-12-22(21(3)33)30(24)37-5)38-18-8-9-19-39-28-15-13-23-26(34)20-32(4,17-16-29(35)36)40-31(23)25(28)11-7-2/h8-9,12-15H,6-7,10-11,16-20H2,1-5H3,(H,35,36). The maximum Gasteiger partial charge on any atom is 0.303 e. The fourth-order valence-electron chi connectivity index (χ4n) is 4.95. The van der Waals surface area contributed by atoms with Crippen LogP contribution in [0.25, 0.3) is 0 Å². The highest BCUT2D eigenvalue weighted by atomic mass is 16.5. The van der Waals surface area contributed by atoms with Gasteiger partial charge in [0.1, 0.15) is 41.8 Å². The van der Waals surface area contributed by atoms with Gasteiger partial charge in [-0.15, -0.1) is 0 Å². The number of ketones is 2. The molecule has 0 spiro atoms. The molecule has 8 nitrogen and oxygen atoms in total. The first-order valence-corrected chi connectivity index (χ1v) is 13.8. The zero-order chi connectivity index (χ0) is 29.3. The van der Waals surface area contributed by atoms with Crippen molar-refractivity contribution in [3.8, 4) is 23.0 Å². The summed E-state index contributed by atoms with van der Waals surface area (Å²) in [7, 11) is 1.56. The molecule has 2 aromatic rings. The van der Waals surface area contributed by atoms with E-state index in [-0.39, 0.29) is 37.4 Å². The van der Waals surface area contributed by atoms with Crippen LogP contribution in [-0.4, -0.2) is 48.6 Å². The van der Waals surface area contributed by atoms with Crippen molar-refractivity contribution < 1.29 is 38.4 Å². The number of carboxylic acids is 1. The highest BCUT2D eigenvalue weighted by Crippen LogP contribution is 2.42. The SMILES string of the molecule is CCCc1c(OCC=CCOc2ccc3c(c2CCC)OC(C)(CCC(=O)O)CC3=O)ccc(C(C)=O)c1OC. The van der Waals surface area contributed by atoms with E-state index < -0.39 is 11.6 Å². The second-order valence-electron chi connectivity index (χ2n) is 10.2. The molecule has 0 aliphatic carbocycles. The summed E-state index contributed by atoms with van der Waals surface area (Å²) in [5.74, 6) is 1.36. The number of fused-ring (bicyclic) bond motifs is 1. The summed E-state index contributed by atoms with van der Waals surface area (Å²) in [4.78, 5) is 36.0. The Labute approximate surface area is 236 Å². The third-order valence-electron chi connectivity index (χ3n) is 6.91. The highest BCUT2D eigenvalue weighted by Gasteiger charge is 2.38. The summed E-state index contributed by atoms with van der Waals surface area (Å²) < 4.78 is 23.9. The molecule has 0 saturated heterocycles. The van der Waals surface area contributed by atoms with Crippen LogP contribution in [0.4, 0.5) is 0 Å². The molecule has 1 N–H and O–H groups in total. The lowest BCUT2D eigenvalue weighted by Crippen LogP contribution is -2.40. The molecule has 3 rings (SSSR count). The number of methoxy groups -OCH3 is 1. The number of benzene rings is 2. The molecule has 0 bridgehead atoms. The Kier molecular flexibility index (Phi) is 10.8. The van der Waals surface area contributed by atoms with Crippen LogP contribution in [0.3, 0.4) is 0 Å². The first kappa shape index (κ1) is 30.7. The number of aliphatic carboxylic acids is 1. The van der Waals surface area contributed by atoms with E-state index in [1.54, 1.807) is 32.2 Å². The number of ether oxygens (including phenoxy) is 4. The van der Waals surface area contributed by atoms with E-state index in [4.69, 9.17) is 24.1 Å². The monoisotopic (exact) mass is 552 g/mol. The second kappa shape index (κ2) is 14.0. The first-order chi connectivity index (χ1) is 19.1. The predicted octanol–water partition coefficient (Wildman–Crippen LogP) is 6.41. The molecule has 0 fully saturated rings. The van der Waals surface area contributed by atoms with E-state index in [0.29, 0.717) is 47.2 Å². The van der Waals surface area contributed by atoms with Gasteiger partial charge in [-0.3, -0.25) is 14.4 Å². The Balaban J connectivity index is 1.70. The molecule has 2 aromatic carbocycles. The first-order valence-electron chi connectivity index (χ1n) is 13.8. The van der Waals surface area contributed by atoms with Crippen molar-refractivity contribution in [1.29, 1.82) is 0 Å². The molecular formula is C32H40O8. The van der Waals surface area contributed by atoms with E-state index in [2.05, 4.69) is 6.92 Å². The summed E-state index contributed by atoms with van der Waals surface area (Å²) >= 11 is 0. The van der Waals surface area contributed by atoms with Crippen LogP contribution < -0.4 is 18.9 Å². The minimum absolute atomic E-state index is 0.0505. The molecule has 0 aromatic heterocycles. The van der Waals surface area contributed by atoms with Crippen molar-refractivity contribution in [3.05, 3.63) is 58.7 Å². The molecular weight excluding hydrogens is 512 g/mol. The summed E-state index contributed by atoms with van der Waals surface area (Å²) in [5.41, 5.74) is 1.89. The zero-order valence-electron chi connectivity index (χ0n) is 24.1. The molecule has 1 aliphatic heterocycles. The van der Waals surface area contributed by atoms with Gasteiger partial charge in [0, 0.05) is 17.5 Å². The molecule has 1 atom stereocenters. The number of Topliss-reactive ketones (excluding diaryl/α,β-unsaturated/α-hetero) is 2. The van der Waals surface area contributed by atoms with Gasteiger partial charge in [-0.25, -0.2) is 0 Å². The summed E-state index contributed by atoms with van der Waals surface area (Å²) in [5, 5.41) is 9.12. The van der Waals surface area contributed by atoms with Crippen LogP contribution in [0.15, 0.2) is 36.4 Å². The minimum Gasteiger partial charge on any atom is -0.496 e. The van der Waals surface area contributed by atoms with Gasteiger partial charge in [0.2, 0.25) is 0 Å². The third-order valence-corrected chi connectivity index (χ3v) is 6.91. The van der Waals surface area contributed by atoms with Crippen LogP contribution in [0.1, 0.15) is 91.6 Å². The molecule has 0 saturated carbocycles. The van der Waals surface area contributed by atoms with Gasteiger partial charge < -0.3 is 24.1 Å². The van der Waals surface area contributed by atoms with Crippen molar-refractivity contribution in [1.82, 2.24) is 0 Å². The Hall–Kier alpha value is -3.81. The summed E-state index contributed by atoms with van der Waals surface area (Å²) in [6.07, 6.45) is 7.14. The average Bonchev–Trinajstić information content (AvgIpc) is 2.91. The number of hydrogen-bond donors (Lipinski definition) is 1. The fraction of sp³-hybridized carbons (Fsp3) is 0.469. The van der Waals surface area contributed by atoms with Crippen molar-refractivity contribution in [3.63, 3.8) is 0 Å². The smallest absolute Gasteiger partial charge is 0.303 e. The molecule has 216 valence electrons. The lowest BCUT2D eigenvalue weighted by molar-refractivity contribution is -0.138. The van der Waals surface area contributed by atoms with E-state index in [0.717, 1.165) is 30.4 Å². The van der Waals surface area contributed by atoms with Crippen LogP contribution in [0, 0.1) is 0 Å². The number of carbonyl (C=O) groups excluding carboxylic acids is 2. The maximum atomic E-state index is 12.9. The lowest BCUT2D eigenvalue weighted by Gasteiger charge is -2.36. The molecule has 1 unspecified atom stereocenters. The van der Waals surface area contributed by atoms with Crippen LogP contribution >= 0.6 is 0 Å². The van der Waals surface area contributed by atoms with Crippen LogP contribution in [0.2, 0.25) is 0 Å². The molecule has 8 heteroatoms. The van der Waals surface area contributed by atoms with Crippen LogP contribution in [0.5, 0.6) is 23.0 Å². The number of rotatable bonds is 15. The van der Waals surface area contributed by atoms with Crippen LogP contribution in [-0.2, 0) is 17.6 Å². The summed E-state index contributed by atoms with van der Waals surface area (Å²) in [6.45, 7) is 8.02. The molecule has 0 amide bonds. The largest absolute Gasteiger partial charge is 0.496 e.